The van der Waals surface area contributed by atoms with Gasteiger partial charge in [0.2, 0.25) is 0 Å². The molecule has 7 heavy (non-hydrogen) atoms. The third kappa shape index (κ3) is 6.88. The minimum absolute atomic E-state index is 0. The van der Waals surface area contributed by atoms with Crippen molar-refractivity contribution in [3.8, 4) is 0 Å². The van der Waals surface area contributed by atoms with Gasteiger partial charge in [0.15, 0.2) is 0 Å². The Kier molecular flexibility index (Phi) is 10.6. The molecule has 0 aliphatic carbocycles. The molecule has 0 saturated heterocycles. The molecule has 0 aliphatic rings. The van der Waals surface area contributed by atoms with Crippen LogP contribution in [0, 0.1) is 0 Å². The average molecular weight is 116 g/mol. The third-order valence-corrected chi connectivity index (χ3v) is 0.421. The summed E-state index contributed by atoms with van der Waals surface area (Å²) in [5, 5.41) is 24.0. The zero-order valence-corrected chi connectivity index (χ0v) is 3.33. The number of hydrogen-bond donors (Lipinski definition) is 3. The van der Waals surface area contributed by atoms with E-state index < -0.39 is 6.10 Å². The van der Waals surface area contributed by atoms with E-state index in [0.29, 0.717) is 0 Å². The summed E-state index contributed by atoms with van der Waals surface area (Å²) >= 11 is 0. The van der Waals surface area contributed by atoms with Crippen molar-refractivity contribution in [3.05, 3.63) is 0 Å². The van der Waals surface area contributed by atoms with Gasteiger partial charge in [0.05, 0.1) is 13.2 Å². The van der Waals surface area contributed by atoms with E-state index >= 15 is 0 Å². The molecule has 0 amide bonds. The topological polar surface area (TPSA) is 60.7 Å². The van der Waals surface area contributed by atoms with Gasteiger partial charge in [0.1, 0.15) is 6.10 Å². The van der Waals surface area contributed by atoms with Crippen LogP contribution in [0.2, 0.25) is 0 Å². The van der Waals surface area contributed by atoms with Gasteiger partial charge < -0.3 is 15.3 Å². The fourth-order valence-electron chi connectivity index (χ4n) is 0.0577. The molecule has 0 radical (unpaired) electrons. The maximum atomic E-state index is 8.17. The Bertz CT molecular complexity index is 29.4. The van der Waals surface area contributed by atoms with Gasteiger partial charge in [-0.3, -0.25) is 0 Å². The number of aliphatic hydroxyl groups excluding tert-OH is 3. The van der Waals surface area contributed by atoms with E-state index in [-0.39, 0.29) is 42.8 Å². The molecule has 0 saturated carbocycles. The van der Waals surface area contributed by atoms with E-state index in [1.54, 1.807) is 0 Å². The standard InChI is InChI=1S/C3H8O3.Na.H/c4-1-3(6)2-5;;/h3-6H,1-2H2;;. The van der Waals surface area contributed by atoms with Crippen LogP contribution in [0.4, 0.5) is 0 Å². The molecular weight excluding hydrogens is 107 g/mol. The first-order valence-electron chi connectivity index (χ1n) is 1.71. The Labute approximate surface area is 64.3 Å². The molecule has 0 aromatic rings. The van der Waals surface area contributed by atoms with Gasteiger partial charge in [-0.05, 0) is 0 Å². The van der Waals surface area contributed by atoms with Crippen molar-refractivity contribution in [1.29, 1.82) is 0 Å². The van der Waals surface area contributed by atoms with Crippen LogP contribution in [0.25, 0.3) is 0 Å². The monoisotopic (exact) mass is 116 g/mol. The zero-order chi connectivity index (χ0) is 4.99. The van der Waals surface area contributed by atoms with E-state index in [4.69, 9.17) is 15.3 Å². The van der Waals surface area contributed by atoms with E-state index in [1.807, 2.05) is 0 Å². The van der Waals surface area contributed by atoms with E-state index in [1.165, 1.54) is 0 Å². The molecule has 40 valence electrons. The zero-order valence-electron chi connectivity index (χ0n) is 3.33. The molecule has 0 bridgehead atoms. The summed E-state index contributed by atoms with van der Waals surface area (Å²) in [6, 6.07) is 0. The molecule has 0 fully saturated rings. The molecule has 0 rings (SSSR count). The molecule has 0 heterocycles. The van der Waals surface area contributed by atoms with Crippen molar-refractivity contribution >= 4 is 29.6 Å². The van der Waals surface area contributed by atoms with Crippen LogP contribution in [-0.2, 0) is 0 Å². The normalized spacial score (nSPS) is 8.57. The van der Waals surface area contributed by atoms with Crippen LogP contribution in [0.1, 0.15) is 0 Å². The number of hydrogen-bond acceptors (Lipinski definition) is 3. The van der Waals surface area contributed by atoms with E-state index in [9.17, 15) is 0 Å². The maximum absolute atomic E-state index is 8.17. The summed E-state index contributed by atoms with van der Waals surface area (Å²) in [7, 11) is 0. The van der Waals surface area contributed by atoms with Crippen molar-refractivity contribution in [2.45, 2.75) is 6.10 Å². The Hall–Kier alpha value is 0.880. The number of rotatable bonds is 2. The SMILES string of the molecule is OCC(O)CO.[NaH]. The van der Waals surface area contributed by atoms with Crippen LogP contribution >= 0.6 is 0 Å². The summed E-state index contributed by atoms with van der Waals surface area (Å²) < 4.78 is 0. The molecule has 4 heteroatoms. The molecule has 3 N–H and O–H groups in total. The Morgan fingerprint density at radius 1 is 1.14 bits per heavy atom. The fraction of sp³-hybridized carbons (Fsp3) is 1.00. The van der Waals surface area contributed by atoms with Gasteiger partial charge in [-0.2, -0.15) is 0 Å². The first kappa shape index (κ1) is 10.8. The van der Waals surface area contributed by atoms with Gasteiger partial charge in [-0.25, -0.2) is 0 Å². The average Bonchev–Trinajstić information content (AvgIpc) is 1.65. The predicted octanol–water partition coefficient (Wildman–Crippen LogP) is -2.32. The summed E-state index contributed by atoms with van der Waals surface area (Å²) in [6.45, 7) is -0.729. The second-order valence-corrected chi connectivity index (χ2v) is 1.02. The Balaban J connectivity index is 0. The molecule has 3 nitrogen and oxygen atoms in total. The minimum atomic E-state index is -0.954. The molecule has 0 spiro atoms. The van der Waals surface area contributed by atoms with Crippen molar-refractivity contribution in [1.82, 2.24) is 0 Å². The Morgan fingerprint density at radius 3 is 1.43 bits per heavy atom. The Morgan fingerprint density at radius 2 is 1.43 bits per heavy atom. The van der Waals surface area contributed by atoms with Gasteiger partial charge >= 0.3 is 29.6 Å². The molecule has 0 aliphatic heterocycles. The summed E-state index contributed by atoms with van der Waals surface area (Å²) in [5.74, 6) is 0. The van der Waals surface area contributed by atoms with E-state index in [2.05, 4.69) is 0 Å². The third-order valence-electron chi connectivity index (χ3n) is 0.421. The quantitative estimate of drug-likeness (QED) is 0.355. The van der Waals surface area contributed by atoms with Gasteiger partial charge in [-0.1, -0.05) is 0 Å². The summed E-state index contributed by atoms with van der Waals surface area (Å²) in [5.41, 5.74) is 0. The molecule has 0 unspecified atom stereocenters. The molecule has 0 atom stereocenters. The molecule has 0 aromatic heterocycles. The molecule has 0 aromatic carbocycles. The first-order chi connectivity index (χ1) is 2.81. The summed E-state index contributed by atoms with van der Waals surface area (Å²) in [4.78, 5) is 0. The van der Waals surface area contributed by atoms with Crippen molar-refractivity contribution in [2.75, 3.05) is 13.2 Å². The van der Waals surface area contributed by atoms with Crippen LogP contribution < -0.4 is 0 Å². The van der Waals surface area contributed by atoms with Crippen LogP contribution in [-0.4, -0.2) is 64.2 Å². The second-order valence-electron chi connectivity index (χ2n) is 1.02. The van der Waals surface area contributed by atoms with Gasteiger partial charge in [0, 0.05) is 0 Å². The number of aliphatic hydroxyl groups is 3. The second kappa shape index (κ2) is 6.88. The predicted molar refractivity (Wildman–Crippen MR) is 27.3 cm³/mol. The van der Waals surface area contributed by atoms with E-state index in [0.717, 1.165) is 0 Å². The van der Waals surface area contributed by atoms with Crippen molar-refractivity contribution in [2.24, 2.45) is 0 Å². The van der Waals surface area contributed by atoms with Crippen LogP contribution in [0.3, 0.4) is 0 Å². The van der Waals surface area contributed by atoms with Gasteiger partial charge in [-0.15, -0.1) is 0 Å². The van der Waals surface area contributed by atoms with Crippen LogP contribution in [0.15, 0.2) is 0 Å². The van der Waals surface area contributed by atoms with Gasteiger partial charge in [0.25, 0.3) is 0 Å². The van der Waals surface area contributed by atoms with Crippen LogP contribution in [0.5, 0.6) is 0 Å². The fourth-order valence-corrected chi connectivity index (χ4v) is 0.0577. The summed E-state index contributed by atoms with van der Waals surface area (Å²) in [6.07, 6.45) is -0.954. The van der Waals surface area contributed by atoms with Crippen molar-refractivity contribution in [3.63, 3.8) is 0 Å². The first-order valence-corrected chi connectivity index (χ1v) is 1.71. The van der Waals surface area contributed by atoms with Crippen molar-refractivity contribution < 1.29 is 15.3 Å². The molecular formula is C3H9NaO3.